The minimum atomic E-state index is -0.0110. The van der Waals surface area contributed by atoms with Crippen LogP contribution in [0.2, 0.25) is 0 Å². The standard InChI is InChI=1S/2C9H7NO.Ti/c2*11-8-5-1-3-7-4-2-6-10-9(7)8;/h2*1-6,11H;/q;;+4/p-2. The summed E-state index contributed by atoms with van der Waals surface area (Å²) in [7, 11) is 0. The normalized spacial score (nSPS) is 9.74. The van der Waals surface area contributed by atoms with Crippen molar-refractivity contribution in [3.8, 4) is 11.5 Å². The van der Waals surface area contributed by atoms with Gasteiger partial charge in [-0.2, -0.15) is 0 Å². The third-order valence-corrected chi connectivity index (χ3v) is 3.19. The molecule has 108 valence electrons. The first-order chi connectivity index (χ1) is 10.8. The Balaban J connectivity index is 0.000000160. The molecule has 4 aromatic rings. The summed E-state index contributed by atoms with van der Waals surface area (Å²) in [6, 6.07) is 17.7. The van der Waals surface area contributed by atoms with Gasteiger partial charge in [0.15, 0.2) is 0 Å². The Morgan fingerprint density at radius 1 is 0.565 bits per heavy atom. The molecule has 2 aromatic heterocycles. The zero-order valence-corrected chi connectivity index (χ0v) is 13.7. The first kappa shape index (κ1) is 16.9. The average molecular weight is 336 g/mol. The van der Waals surface area contributed by atoms with Crippen molar-refractivity contribution in [1.82, 2.24) is 9.97 Å². The van der Waals surface area contributed by atoms with Crippen molar-refractivity contribution in [2.45, 2.75) is 0 Å². The molecule has 4 nitrogen and oxygen atoms in total. The number of benzene rings is 2. The van der Waals surface area contributed by atoms with E-state index in [0.717, 1.165) is 10.8 Å². The van der Waals surface area contributed by atoms with E-state index in [1.807, 2.05) is 36.4 Å². The van der Waals surface area contributed by atoms with Gasteiger partial charge in [0, 0.05) is 12.4 Å². The van der Waals surface area contributed by atoms with Crippen LogP contribution in [-0.4, -0.2) is 9.97 Å². The Morgan fingerprint density at radius 2 is 0.957 bits per heavy atom. The largest absolute Gasteiger partial charge is 4.00 e. The minimum absolute atomic E-state index is 0. The first-order valence-electron chi connectivity index (χ1n) is 6.77. The molecule has 0 N–H and O–H groups in total. The summed E-state index contributed by atoms with van der Waals surface area (Å²) < 4.78 is 0. The van der Waals surface area contributed by atoms with Crippen molar-refractivity contribution in [3.63, 3.8) is 0 Å². The van der Waals surface area contributed by atoms with Crippen LogP contribution in [0, 0.1) is 0 Å². The summed E-state index contributed by atoms with van der Waals surface area (Å²) in [5, 5.41) is 24.0. The molecule has 0 radical (unpaired) electrons. The van der Waals surface area contributed by atoms with E-state index in [4.69, 9.17) is 0 Å². The van der Waals surface area contributed by atoms with Gasteiger partial charge in [-0.05, 0) is 22.9 Å². The maximum atomic E-state index is 11.1. The molecule has 4 rings (SSSR count). The number of para-hydroxylation sites is 2. The molecule has 0 spiro atoms. The molecule has 0 saturated carbocycles. The predicted octanol–water partition coefficient (Wildman–Crippen LogP) is 2.61. The minimum Gasteiger partial charge on any atom is -0.871 e. The van der Waals surface area contributed by atoms with Gasteiger partial charge >= 0.3 is 21.7 Å². The van der Waals surface area contributed by atoms with Crippen molar-refractivity contribution < 1.29 is 31.9 Å². The van der Waals surface area contributed by atoms with E-state index in [1.165, 1.54) is 12.1 Å². The number of fused-ring (bicyclic) bond motifs is 2. The summed E-state index contributed by atoms with van der Waals surface area (Å²) in [4.78, 5) is 7.94. The Kier molecular flexibility index (Phi) is 5.69. The van der Waals surface area contributed by atoms with Gasteiger partial charge in [-0.25, -0.2) is 0 Å². The van der Waals surface area contributed by atoms with Gasteiger partial charge < -0.3 is 10.2 Å². The molecule has 0 unspecified atom stereocenters. The molecule has 0 aliphatic heterocycles. The third-order valence-electron chi connectivity index (χ3n) is 3.19. The van der Waals surface area contributed by atoms with Gasteiger partial charge in [-0.15, -0.1) is 0 Å². The van der Waals surface area contributed by atoms with Crippen LogP contribution in [-0.2, 0) is 21.7 Å². The van der Waals surface area contributed by atoms with Gasteiger partial charge in [-0.3, -0.25) is 9.97 Å². The van der Waals surface area contributed by atoms with Crippen molar-refractivity contribution in [2.24, 2.45) is 0 Å². The number of rotatable bonds is 0. The summed E-state index contributed by atoms with van der Waals surface area (Å²) in [6.45, 7) is 0. The molecular formula is C18H12N2O2Ti+2. The van der Waals surface area contributed by atoms with Crippen molar-refractivity contribution in [2.75, 3.05) is 0 Å². The van der Waals surface area contributed by atoms with Gasteiger partial charge in [0.1, 0.15) is 0 Å². The first-order valence-corrected chi connectivity index (χ1v) is 6.77. The number of pyridine rings is 2. The Hall–Kier alpha value is -2.43. The van der Waals surface area contributed by atoms with Crippen LogP contribution in [0.25, 0.3) is 21.8 Å². The molecule has 23 heavy (non-hydrogen) atoms. The second-order valence-corrected chi connectivity index (χ2v) is 4.66. The van der Waals surface area contributed by atoms with Crippen LogP contribution in [0.15, 0.2) is 73.1 Å². The molecular weight excluding hydrogens is 324 g/mol. The molecule has 0 fully saturated rings. The van der Waals surface area contributed by atoms with Crippen LogP contribution in [0.5, 0.6) is 11.5 Å². The fourth-order valence-corrected chi connectivity index (χ4v) is 2.15. The van der Waals surface area contributed by atoms with Crippen LogP contribution >= 0.6 is 0 Å². The third kappa shape index (κ3) is 3.86. The fraction of sp³-hybridized carbons (Fsp3) is 0. The number of aromatic nitrogens is 2. The smallest absolute Gasteiger partial charge is 0.871 e. The molecule has 0 aliphatic rings. The molecule has 2 heterocycles. The molecule has 0 aliphatic carbocycles. The molecule has 0 amide bonds. The van der Waals surface area contributed by atoms with Crippen LogP contribution in [0.4, 0.5) is 0 Å². The summed E-state index contributed by atoms with van der Waals surface area (Å²) in [5.74, 6) is -0.0220. The average Bonchev–Trinajstić information content (AvgIpc) is 2.57. The monoisotopic (exact) mass is 336 g/mol. The quantitative estimate of drug-likeness (QED) is 0.463. The van der Waals surface area contributed by atoms with E-state index in [1.54, 1.807) is 24.5 Å². The Morgan fingerprint density at radius 3 is 1.35 bits per heavy atom. The van der Waals surface area contributed by atoms with E-state index in [9.17, 15) is 10.2 Å². The van der Waals surface area contributed by atoms with E-state index in [0.29, 0.717) is 11.0 Å². The zero-order chi connectivity index (χ0) is 15.4. The van der Waals surface area contributed by atoms with Crippen molar-refractivity contribution in [3.05, 3.63) is 73.1 Å². The number of hydrogen-bond donors (Lipinski definition) is 0. The van der Waals surface area contributed by atoms with E-state index in [-0.39, 0.29) is 33.2 Å². The molecule has 5 heteroatoms. The number of hydrogen-bond acceptors (Lipinski definition) is 4. The fourth-order valence-electron chi connectivity index (χ4n) is 2.15. The molecule has 0 atom stereocenters. The predicted molar refractivity (Wildman–Crippen MR) is 82.4 cm³/mol. The van der Waals surface area contributed by atoms with E-state index in [2.05, 4.69) is 9.97 Å². The maximum Gasteiger partial charge on any atom is 4.00 e. The Bertz CT molecular complexity index is 841. The van der Waals surface area contributed by atoms with Crippen LogP contribution in [0.3, 0.4) is 0 Å². The molecule has 0 saturated heterocycles. The molecule has 0 bridgehead atoms. The van der Waals surface area contributed by atoms with Crippen LogP contribution < -0.4 is 10.2 Å². The van der Waals surface area contributed by atoms with E-state index < -0.39 is 0 Å². The summed E-state index contributed by atoms with van der Waals surface area (Å²) >= 11 is 0. The maximum absolute atomic E-state index is 11.1. The van der Waals surface area contributed by atoms with Crippen molar-refractivity contribution >= 4 is 21.8 Å². The summed E-state index contributed by atoms with van der Waals surface area (Å²) in [5.41, 5.74) is 1.10. The SMILES string of the molecule is [O-]c1cccc2cccnc12.[O-]c1cccc2cccnc12.[Ti+4]. The van der Waals surface area contributed by atoms with Gasteiger partial charge in [0.25, 0.3) is 0 Å². The number of nitrogens with zero attached hydrogens (tertiary/aromatic N) is 2. The van der Waals surface area contributed by atoms with Gasteiger partial charge in [-0.1, -0.05) is 60.0 Å². The second-order valence-electron chi connectivity index (χ2n) is 4.66. The van der Waals surface area contributed by atoms with Crippen molar-refractivity contribution in [1.29, 1.82) is 0 Å². The Labute approximate surface area is 148 Å². The van der Waals surface area contributed by atoms with E-state index >= 15 is 0 Å². The topological polar surface area (TPSA) is 71.9 Å². The molecule has 2 aromatic carbocycles. The second kappa shape index (κ2) is 7.72. The van der Waals surface area contributed by atoms with Crippen LogP contribution in [0.1, 0.15) is 0 Å². The van der Waals surface area contributed by atoms with Gasteiger partial charge in [0.2, 0.25) is 0 Å². The summed E-state index contributed by atoms with van der Waals surface area (Å²) in [6.07, 6.45) is 3.26. The zero-order valence-electron chi connectivity index (χ0n) is 12.1. The van der Waals surface area contributed by atoms with Gasteiger partial charge in [0.05, 0.1) is 11.0 Å².